The maximum Gasteiger partial charge on any atom is 0.251 e. The smallest absolute Gasteiger partial charge is 0.251 e. The summed E-state index contributed by atoms with van der Waals surface area (Å²) < 4.78 is 10.8. The van der Waals surface area contributed by atoms with E-state index in [9.17, 15) is 4.79 Å². The molecule has 0 aromatic heterocycles. The molecule has 160 valence electrons. The molecule has 3 aromatic rings. The number of anilines is 1. The number of nitrogens with zero attached hydrogens (tertiary/aromatic N) is 1. The van der Waals surface area contributed by atoms with Crippen LogP contribution in [0.5, 0.6) is 11.5 Å². The van der Waals surface area contributed by atoms with Gasteiger partial charge in [0.05, 0.1) is 13.7 Å². The maximum absolute atomic E-state index is 12.4. The number of fused-ring (bicyclic) bond motifs is 1. The molecule has 0 unspecified atom stereocenters. The predicted molar refractivity (Wildman–Crippen MR) is 123 cm³/mol. The number of carbonyl (C=O) groups excluding carboxylic acids is 1. The Hall–Kier alpha value is -3.47. The fraction of sp³-hybridized carbons (Fsp3) is 0.269. The molecule has 31 heavy (non-hydrogen) atoms. The summed E-state index contributed by atoms with van der Waals surface area (Å²) in [6.07, 6.45) is 2.32. The van der Waals surface area contributed by atoms with Crippen LogP contribution >= 0.6 is 0 Å². The first-order valence-corrected chi connectivity index (χ1v) is 10.7. The lowest BCUT2D eigenvalue weighted by molar-refractivity contribution is 0.0947. The molecule has 0 saturated heterocycles. The van der Waals surface area contributed by atoms with Crippen LogP contribution < -0.4 is 19.7 Å². The zero-order valence-corrected chi connectivity index (χ0v) is 17.8. The van der Waals surface area contributed by atoms with Gasteiger partial charge in [-0.2, -0.15) is 0 Å². The number of para-hydroxylation sites is 1. The molecule has 0 radical (unpaired) electrons. The summed E-state index contributed by atoms with van der Waals surface area (Å²) in [5.74, 6) is 1.44. The number of aryl methyl sites for hydroxylation is 1. The summed E-state index contributed by atoms with van der Waals surface area (Å²) in [5, 5.41) is 2.91. The molecular weight excluding hydrogens is 388 g/mol. The largest absolute Gasteiger partial charge is 0.497 e. The van der Waals surface area contributed by atoms with Crippen LogP contribution in [-0.2, 0) is 13.0 Å². The number of hydrogen-bond acceptors (Lipinski definition) is 4. The minimum Gasteiger partial charge on any atom is -0.497 e. The lowest BCUT2D eigenvalue weighted by atomic mass is 10.0. The van der Waals surface area contributed by atoms with Gasteiger partial charge in [-0.15, -0.1) is 0 Å². The Kier molecular flexibility index (Phi) is 6.72. The van der Waals surface area contributed by atoms with Crippen molar-refractivity contribution in [1.29, 1.82) is 0 Å². The van der Waals surface area contributed by atoms with Crippen LogP contribution in [0.3, 0.4) is 0 Å². The molecule has 0 fully saturated rings. The fourth-order valence-corrected chi connectivity index (χ4v) is 3.87. The molecule has 1 aliphatic heterocycles. The molecule has 1 heterocycles. The Morgan fingerprint density at radius 2 is 1.71 bits per heavy atom. The Bertz CT molecular complexity index is 1000. The normalized spacial score (nSPS) is 12.7. The van der Waals surface area contributed by atoms with Crippen LogP contribution in [0.15, 0.2) is 72.8 Å². The van der Waals surface area contributed by atoms with Crippen LogP contribution in [0.25, 0.3) is 0 Å². The third-order valence-electron chi connectivity index (χ3n) is 5.51. The molecule has 3 aromatic carbocycles. The van der Waals surface area contributed by atoms with E-state index in [-0.39, 0.29) is 5.91 Å². The van der Waals surface area contributed by atoms with Gasteiger partial charge in [0, 0.05) is 24.3 Å². The molecule has 5 heteroatoms. The van der Waals surface area contributed by atoms with E-state index in [0.29, 0.717) is 18.7 Å². The van der Waals surface area contributed by atoms with Gasteiger partial charge in [0.25, 0.3) is 5.91 Å². The number of methoxy groups -OCH3 is 1. The highest BCUT2D eigenvalue weighted by Crippen LogP contribution is 2.28. The zero-order chi connectivity index (χ0) is 21.5. The molecule has 0 aliphatic carbocycles. The Morgan fingerprint density at radius 1 is 0.968 bits per heavy atom. The first-order chi connectivity index (χ1) is 15.2. The number of benzene rings is 3. The van der Waals surface area contributed by atoms with Crippen molar-refractivity contribution in [2.45, 2.75) is 19.4 Å². The molecule has 1 amide bonds. The van der Waals surface area contributed by atoms with Crippen LogP contribution in [0, 0.1) is 0 Å². The first kappa shape index (κ1) is 20.8. The minimum atomic E-state index is -0.0896. The number of amides is 1. The molecule has 0 bridgehead atoms. The highest BCUT2D eigenvalue weighted by Gasteiger charge is 2.16. The first-order valence-electron chi connectivity index (χ1n) is 10.7. The molecule has 4 rings (SSSR count). The molecule has 5 nitrogen and oxygen atoms in total. The highest BCUT2D eigenvalue weighted by atomic mass is 16.5. The van der Waals surface area contributed by atoms with Gasteiger partial charge in [-0.1, -0.05) is 30.3 Å². The summed E-state index contributed by atoms with van der Waals surface area (Å²) in [6, 6.07) is 23.9. The molecule has 0 spiro atoms. The van der Waals surface area contributed by atoms with Crippen LogP contribution in [0.4, 0.5) is 5.69 Å². The Balaban J connectivity index is 1.25. The molecule has 0 saturated carbocycles. The van der Waals surface area contributed by atoms with Gasteiger partial charge in [0.15, 0.2) is 0 Å². The Morgan fingerprint density at radius 3 is 2.48 bits per heavy atom. The van der Waals surface area contributed by atoms with Crippen molar-refractivity contribution in [2.75, 3.05) is 31.7 Å². The predicted octanol–water partition coefficient (Wildman–Crippen LogP) is 4.46. The van der Waals surface area contributed by atoms with Gasteiger partial charge in [-0.3, -0.25) is 4.79 Å². The van der Waals surface area contributed by atoms with Crippen molar-refractivity contribution >= 4 is 11.6 Å². The van der Waals surface area contributed by atoms with Crippen molar-refractivity contribution in [3.63, 3.8) is 0 Å². The number of rotatable bonds is 8. The minimum absolute atomic E-state index is 0.0896. The van der Waals surface area contributed by atoms with Gasteiger partial charge >= 0.3 is 0 Å². The number of carbonyl (C=O) groups is 1. The molecule has 0 atom stereocenters. The second-order valence-electron chi connectivity index (χ2n) is 7.63. The molecule has 1 N–H and O–H groups in total. The van der Waals surface area contributed by atoms with E-state index in [1.807, 2.05) is 48.5 Å². The highest BCUT2D eigenvalue weighted by molar-refractivity contribution is 5.94. The third-order valence-corrected chi connectivity index (χ3v) is 5.51. The number of nitrogens with one attached hydrogen (secondary N) is 1. The topological polar surface area (TPSA) is 50.8 Å². The maximum atomic E-state index is 12.4. The van der Waals surface area contributed by atoms with Crippen LogP contribution in [-0.4, -0.2) is 32.7 Å². The lowest BCUT2D eigenvalue weighted by Gasteiger charge is -2.31. The summed E-state index contributed by atoms with van der Waals surface area (Å²) in [4.78, 5) is 14.8. The van der Waals surface area contributed by atoms with Gasteiger partial charge in [-0.25, -0.2) is 0 Å². The van der Waals surface area contributed by atoms with E-state index < -0.39 is 0 Å². The van der Waals surface area contributed by atoms with Crippen molar-refractivity contribution < 1.29 is 14.3 Å². The van der Waals surface area contributed by atoms with E-state index in [1.165, 1.54) is 23.2 Å². The summed E-state index contributed by atoms with van der Waals surface area (Å²) in [5.41, 5.74) is 4.61. The zero-order valence-electron chi connectivity index (χ0n) is 17.8. The van der Waals surface area contributed by atoms with E-state index in [0.717, 1.165) is 31.0 Å². The van der Waals surface area contributed by atoms with Gasteiger partial charge < -0.3 is 19.7 Å². The summed E-state index contributed by atoms with van der Waals surface area (Å²) in [7, 11) is 1.63. The lowest BCUT2D eigenvalue weighted by Crippen LogP contribution is -2.29. The van der Waals surface area contributed by atoms with E-state index in [1.54, 1.807) is 7.11 Å². The summed E-state index contributed by atoms with van der Waals surface area (Å²) >= 11 is 0. The second-order valence-corrected chi connectivity index (χ2v) is 7.63. The van der Waals surface area contributed by atoms with Gasteiger partial charge in [0.1, 0.15) is 18.1 Å². The summed E-state index contributed by atoms with van der Waals surface area (Å²) in [6.45, 7) is 2.77. The van der Waals surface area contributed by atoms with Crippen molar-refractivity contribution in [2.24, 2.45) is 0 Å². The van der Waals surface area contributed by atoms with Crippen molar-refractivity contribution in [1.82, 2.24) is 5.32 Å². The second kappa shape index (κ2) is 10.0. The van der Waals surface area contributed by atoms with Crippen molar-refractivity contribution in [3.05, 3.63) is 89.5 Å². The van der Waals surface area contributed by atoms with Gasteiger partial charge in [0.2, 0.25) is 0 Å². The monoisotopic (exact) mass is 416 g/mol. The third kappa shape index (κ3) is 5.37. The molecule has 1 aliphatic rings. The quantitative estimate of drug-likeness (QED) is 0.551. The van der Waals surface area contributed by atoms with E-state index in [4.69, 9.17) is 9.47 Å². The standard InChI is InChI=1S/C26H28N2O3/c1-30-23-12-14-24(15-13-23)31-18-16-27-26(29)22-10-8-20(9-11-22)19-28-17-4-6-21-5-2-3-7-25(21)28/h2-3,5,7-15H,4,6,16-19H2,1H3,(H,27,29). The SMILES string of the molecule is COc1ccc(OCCNC(=O)c2ccc(CN3CCCc4ccccc43)cc2)cc1. The number of hydrogen-bond donors (Lipinski definition) is 1. The molecular formula is C26H28N2O3. The van der Waals surface area contributed by atoms with Crippen molar-refractivity contribution in [3.8, 4) is 11.5 Å². The van der Waals surface area contributed by atoms with E-state index >= 15 is 0 Å². The average Bonchev–Trinajstić information content (AvgIpc) is 2.83. The van der Waals surface area contributed by atoms with Crippen LogP contribution in [0.2, 0.25) is 0 Å². The fourth-order valence-electron chi connectivity index (χ4n) is 3.87. The van der Waals surface area contributed by atoms with Gasteiger partial charge in [-0.05, 0) is 66.4 Å². The average molecular weight is 417 g/mol. The van der Waals surface area contributed by atoms with Crippen LogP contribution in [0.1, 0.15) is 27.9 Å². The van der Waals surface area contributed by atoms with E-state index in [2.05, 4.69) is 34.5 Å². The number of ether oxygens (including phenoxy) is 2. The Labute approximate surface area is 183 Å².